The molecule has 0 aliphatic carbocycles. The summed E-state index contributed by atoms with van der Waals surface area (Å²) in [4.78, 5) is 5.78. The maximum absolute atomic E-state index is 14.5. The Kier molecular flexibility index (Phi) is 5.23. The zero-order chi connectivity index (χ0) is 18.5. The van der Waals surface area contributed by atoms with Gasteiger partial charge in [0.05, 0.1) is 6.54 Å². The summed E-state index contributed by atoms with van der Waals surface area (Å²) in [5.41, 5.74) is 3.24. The third kappa shape index (κ3) is 3.86. The number of hydrogen-bond acceptors (Lipinski definition) is 2. The molecule has 0 aliphatic rings. The van der Waals surface area contributed by atoms with Crippen LogP contribution in [0.5, 0.6) is 0 Å². The molecule has 26 heavy (non-hydrogen) atoms. The molecule has 1 heterocycles. The third-order valence-electron chi connectivity index (χ3n) is 4.10. The Hall–Kier alpha value is -3.27. The summed E-state index contributed by atoms with van der Waals surface area (Å²) in [6, 6.07) is 14.7. The molecule has 1 aromatic heterocycles. The van der Waals surface area contributed by atoms with E-state index >= 15 is 0 Å². The summed E-state index contributed by atoms with van der Waals surface area (Å²) in [6.07, 6.45) is 4.90. The molecule has 2 aromatic carbocycles. The summed E-state index contributed by atoms with van der Waals surface area (Å²) >= 11 is 0. The minimum absolute atomic E-state index is 0.216. The predicted molar refractivity (Wildman–Crippen MR) is 102 cm³/mol. The Bertz CT molecular complexity index is 936. The minimum Gasteiger partial charge on any atom is -0.337 e. The Morgan fingerprint density at radius 3 is 2.46 bits per heavy atom. The second-order valence-electron chi connectivity index (χ2n) is 5.80. The van der Waals surface area contributed by atoms with Crippen LogP contribution in [0.25, 0.3) is 11.8 Å². The van der Waals surface area contributed by atoms with Crippen molar-refractivity contribution in [1.82, 2.24) is 4.98 Å². The van der Waals surface area contributed by atoms with Gasteiger partial charge in [-0.25, -0.2) is 8.78 Å². The van der Waals surface area contributed by atoms with Crippen LogP contribution in [0, 0.1) is 11.6 Å². The Balaban J connectivity index is 2.01. The predicted octanol–water partition coefficient (Wildman–Crippen LogP) is 5.68. The molecule has 0 fully saturated rings. The first-order valence-corrected chi connectivity index (χ1v) is 8.12. The number of rotatable bonds is 6. The molecule has 130 valence electrons. The third-order valence-corrected chi connectivity index (χ3v) is 4.10. The Labute approximate surface area is 151 Å². The Morgan fingerprint density at radius 2 is 1.81 bits per heavy atom. The van der Waals surface area contributed by atoms with Crippen molar-refractivity contribution in [2.75, 3.05) is 4.90 Å². The van der Waals surface area contributed by atoms with E-state index in [9.17, 15) is 8.78 Å². The molecule has 4 heteroatoms. The summed E-state index contributed by atoms with van der Waals surface area (Å²) < 4.78 is 28.2. The van der Waals surface area contributed by atoms with Crippen LogP contribution in [0.4, 0.5) is 14.5 Å². The van der Waals surface area contributed by atoms with Crippen molar-refractivity contribution in [1.29, 1.82) is 0 Å². The summed E-state index contributed by atoms with van der Waals surface area (Å²) in [5, 5.41) is 0. The smallest absolute Gasteiger partial charge is 0.128 e. The van der Waals surface area contributed by atoms with E-state index in [4.69, 9.17) is 0 Å². The summed E-state index contributed by atoms with van der Waals surface area (Å²) in [5.74, 6) is -0.705. The molecule has 3 aromatic rings. The number of hydrogen-bond donors (Lipinski definition) is 0. The first kappa shape index (κ1) is 17.5. The Morgan fingerprint density at radius 1 is 1.04 bits per heavy atom. The molecule has 0 atom stereocenters. The van der Waals surface area contributed by atoms with Gasteiger partial charge in [0, 0.05) is 34.9 Å². The highest BCUT2D eigenvalue weighted by atomic mass is 19.1. The van der Waals surface area contributed by atoms with Gasteiger partial charge in [-0.1, -0.05) is 37.4 Å². The van der Waals surface area contributed by atoms with E-state index in [1.807, 2.05) is 12.1 Å². The van der Waals surface area contributed by atoms with Crippen molar-refractivity contribution in [3.05, 3.63) is 108 Å². The number of nitrogens with zero attached hydrogens (tertiary/aromatic N) is 2. The number of aromatic nitrogens is 1. The standard InChI is InChI=1S/C22H18F2N2/c1-3-17-7-8-19(22(24)13-17)15-26(21-6-4-5-20(23)14-21)16(2)18-9-11-25-12-10-18/h3-14H,1-2,15H2. The molecule has 0 saturated carbocycles. The number of pyridine rings is 1. The summed E-state index contributed by atoms with van der Waals surface area (Å²) in [7, 11) is 0. The van der Waals surface area contributed by atoms with E-state index in [-0.39, 0.29) is 18.2 Å². The average molecular weight is 348 g/mol. The zero-order valence-electron chi connectivity index (χ0n) is 14.2. The van der Waals surface area contributed by atoms with Gasteiger partial charge in [0.25, 0.3) is 0 Å². The highest BCUT2D eigenvalue weighted by molar-refractivity contribution is 5.77. The van der Waals surface area contributed by atoms with E-state index in [1.54, 1.807) is 47.6 Å². The minimum atomic E-state index is -0.363. The lowest BCUT2D eigenvalue weighted by molar-refractivity contribution is 0.608. The van der Waals surface area contributed by atoms with E-state index < -0.39 is 0 Å². The van der Waals surface area contributed by atoms with Crippen LogP contribution >= 0.6 is 0 Å². The van der Waals surface area contributed by atoms with Crippen LogP contribution in [0.15, 0.2) is 80.1 Å². The van der Waals surface area contributed by atoms with Gasteiger partial charge in [0.1, 0.15) is 11.6 Å². The molecule has 0 spiro atoms. The van der Waals surface area contributed by atoms with Crippen LogP contribution in [0.1, 0.15) is 16.7 Å². The lowest BCUT2D eigenvalue weighted by Gasteiger charge is -2.27. The zero-order valence-corrected chi connectivity index (χ0v) is 14.2. The topological polar surface area (TPSA) is 16.1 Å². The average Bonchev–Trinajstić information content (AvgIpc) is 2.67. The lowest BCUT2D eigenvalue weighted by Crippen LogP contribution is -2.21. The highest BCUT2D eigenvalue weighted by Gasteiger charge is 2.16. The molecule has 0 unspecified atom stereocenters. The van der Waals surface area contributed by atoms with E-state index in [0.29, 0.717) is 22.5 Å². The van der Waals surface area contributed by atoms with E-state index in [0.717, 1.165) is 5.56 Å². The molecule has 0 bridgehead atoms. The van der Waals surface area contributed by atoms with Crippen LogP contribution in [0.3, 0.4) is 0 Å². The second-order valence-corrected chi connectivity index (χ2v) is 5.80. The monoisotopic (exact) mass is 348 g/mol. The number of anilines is 1. The molecular formula is C22H18F2N2. The van der Waals surface area contributed by atoms with Crippen molar-refractivity contribution < 1.29 is 8.78 Å². The van der Waals surface area contributed by atoms with Crippen LogP contribution in [-0.2, 0) is 6.54 Å². The largest absolute Gasteiger partial charge is 0.337 e. The lowest BCUT2D eigenvalue weighted by atomic mass is 10.1. The molecule has 0 amide bonds. The van der Waals surface area contributed by atoms with Gasteiger partial charge < -0.3 is 4.90 Å². The van der Waals surface area contributed by atoms with Crippen molar-refractivity contribution in [3.63, 3.8) is 0 Å². The fourth-order valence-electron chi connectivity index (χ4n) is 2.68. The summed E-state index contributed by atoms with van der Waals surface area (Å²) in [6.45, 7) is 7.99. The van der Waals surface area contributed by atoms with Crippen molar-refractivity contribution >= 4 is 17.5 Å². The van der Waals surface area contributed by atoms with E-state index in [1.165, 1.54) is 18.2 Å². The van der Waals surface area contributed by atoms with Crippen molar-refractivity contribution in [2.24, 2.45) is 0 Å². The number of halogens is 2. The molecule has 0 aliphatic heterocycles. The van der Waals surface area contributed by atoms with E-state index in [2.05, 4.69) is 18.1 Å². The maximum atomic E-state index is 14.5. The fraction of sp³-hybridized carbons (Fsp3) is 0.0455. The fourth-order valence-corrected chi connectivity index (χ4v) is 2.68. The SMILES string of the molecule is C=Cc1ccc(CN(C(=C)c2ccncc2)c2cccc(F)c2)c(F)c1. The van der Waals surface area contributed by atoms with Gasteiger partial charge in [-0.05, 0) is 42.0 Å². The van der Waals surface area contributed by atoms with Gasteiger partial charge in [-0.15, -0.1) is 0 Å². The van der Waals surface area contributed by atoms with Gasteiger partial charge in [0.15, 0.2) is 0 Å². The first-order chi connectivity index (χ1) is 12.6. The van der Waals surface area contributed by atoms with Crippen molar-refractivity contribution in [3.8, 4) is 0 Å². The van der Waals surface area contributed by atoms with Crippen molar-refractivity contribution in [2.45, 2.75) is 6.54 Å². The quantitative estimate of drug-likeness (QED) is 0.570. The highest BCUT2D eigenvalue weighted by Crippen LogP contribution is 2.28. The van der Waals surface area contributed by atoms with Crippen LogP contribution < -0.4 is 4.90 Å². The van der Waals surface area contributed by atoms with Crippen LogP contribution in [0.2, 0.25) is 0 Å². The van der Waals surface area contributed by atoms with Gasteiger partial charge >= 0.3 is 0 Å². The van der Waals surface area contributed by atoms with Gasteiger partial charge in [0.2, 0.25) is 0 Å². The molecule has 3 rings (SSSR count). The van der Waals surface area contributed by atoms with Gasteiger partial charge in [-0.3, -0.25) is 4.98 Å². The molecule has 0 saturated heterocycles. The van der Waals surface area contributed by atoms with Gasteiger partial charge in [-0.2, -0.15) is 0 Å². The maximum Gasteiger partial charge on any atom is 0.128 e. The first-order valence-electron chi connectivity index (χ1n) is 8.12. The second kappa shape index (κ2) is 7.74. The number of benzene rings is 2. The molecular weight excluding hydrogens is 330 g/mol. The van der Waals surface area contributed by atoms with Crippen LogP contribution in [-0.4, -0.2) is 4.98 Å². The normalized spacial score (nSPS) is 10.4. The molecule has 0 N–H and O–H groups in total. The molecule has 2 nitrogen and oxygen atoms in total. The molecule has 0 radical (unpaired) electrons.